The van der Waals surface area contributed by atoms with Crippen LogP contribution in [0.25, 0.3) is 0 Å². The number of allylic oxidation sites excluding steroid dienone is 1. The first kappa shape index (κ1) is 24.2. The van der Waals surface area contributed by atoms with Crippen LogP contribution in [0.2, 0.25) is 0 Å². The Morgan fingerprint density at radius 2 is 1.94 bits per heavy atom. The number of aromatic hydroxyl groups is 1. The SMILES string of the molecule is C=CCc1cc(Cc2c(C)cc(N(CC)N=C(C#N)C(=O)OC(N)=O)cc2C)ccc1O. The molecule has 0 spiro atoms. The number of phenolic OH excluding ortho intramolecular Hbond substituents is 1. The molecular weight excluding hydrogens is 408 g/mol. The molecule has 0 aromatic heterocycles. The maximum atomic E-state index is 11.8. The molecule has 0 saturated heterocycles. The number of hydrogen-bond acceptors (Lipinski definition) is 7. The molecule has 2 aromatic carbocycles. The van der Waals surface area contributed by atoms with E-state index in [2.05, 4.69) is 16.4 Å². The van der Waals surface area contributed by atoms with Crippen LogP contribution in [0.3, 0.4) is 0 Å². The van der Waals surface area contributed by atoms with Gasteiger partial charge in [-0.05, 0) is 79.6 Å². The van der Waals surface area contributed by atoms with Crippen molar-refractivity contribution in [3.05, 3.63) is 70.8 Å². The molecule has 0 aliphatic carbocycles. The van der Waals surface area contributed by atoms with Gasteiger partial charge in [-0.2, -0.15) is 10.4 Å². The van der Waals surface area contributed by atoms with Crippen LogP contribution in [0.15, 0.2) is 48.1 Å². The number of nitriles is 1. The van der Waals surface area contributed by atoms with Crippen molar-refractivity contribution in [1.29, 1.82) is 5.26 Å². The minimum Gasteiger partial charge on any atom is -0.508 e. The summed E-state index contributed by atoms with van der Waals surface area (Å²) in [6, 6.07) is 11.0. The van der Waals surface area contributed by atoms with Crippen molar-refractivity contribution in [3.63, 3.8) is 0 Å². The van der Waals surface area contributed by atoms with Gasteiger partial charge in [0.25, 0.3) is 0 Å². The molecule has 32 heavy (non-hydrogen) atoms. The average molecular weight is 434 g/mol. The quantitative estimate of drug-likeness (QED) is 0.214. The molecule has 2 aromatic rings. The number of hydrogen-bond donors (Lipinski definition) is 2. The number of amides is 1. The molecule has 8 nitrogen and oxygen atoms in total. The molecule has 166 valence electrons. The highest BCUT2D eigenvalue weighted by molar-refractivity contribution is 6.44. The molecule has 0 unspecified atom stereocenters. The number of hydrazone groups is 1. The number of ether oxygens (including phenoxy) is 1. The Balaban J connectivity index is 2.37. The fourth-order valence-electron chi connectivity index (χ4n) is 3.35. The molecule has 0 radical (unpaired) electrons. The smallest absolute Gasteiger partial charge is 0.412 e. The Labute approximate surface area is 187 Å². The van der Waals surface area contributed by atoms with Gasteiger partial charge in [0, 0.05) is 6.54 Å². The average Bonchev–Trinajstić information content (AvgIpc) is 2.73. The van der Waals surface area contributed by atoms with Crippen LogP contribution >= 0.6 is 0 Å². The number of carbonyl (C=O) groups is 2. The van der Waals surface area contributed by atoms with E-state index in [0.717, 1.165) is 27.8 Å². The van der Waals surface area contributed by atoms with Crippen LogP contribution in [0, 0.1) is 25.2 Å². The summed E-state index contributed by atoms with van der Waals surface area (Å²) in [6.45, 7) is 9.86. The Morgan fingerprint density at radius 3 is 2.47 bits per heavy atom. The summed E-state index contributed by atoms with van der Waals surface area (Å²) < 4.78 is 4.25. The highest BCUT2D eigenvalue weighted by atomic mass is 16.6. The van der Waals surface area contributed by atoms with Crippen molar-refractivity contribution >= 4 is 23.5 Å². The van der Waals surface area contributed by atoms with E-state index in [0.29, 0.717) is 25.1 Å². The predicted octanol–water partition coefficient (Wildman–Crippen LogP) is 3.66. The number of anilines is 1. The zero-order valence-electron chi connectivity index (χ0n) is 18.4. The number of carbonyl (C=O) groups excluding carboxylic acids is 2. The van der Waals surface area contributed by atoms with Gasteiger partial charge in [0.15, 0.2) is 0 Å². The molecule has 0 aliphatic rings. The lowest BCUT2D eigenvalue weighted by molar-refractivity contribution is -0.129. The number of primary amides is 1. The number of esters is 1. The molecule has 0 fully saturated rings. The van der Waals surface area contributed by atoms with E-state index in [-0.39, 0.29) is 5.75 Å². The molecule has 0 aliphatic heterocycles. The van der Waals surface area contributed by atoms with Crippen LogP contribution in [0.5, 0.6) is 5.75 Å². The lowest BCUT2D eigenvalue weighted by Crippen LogP contribution is -2.27. The molecule has 8 heteroatoms. The molecule has 0 saturated carbocycles. The molecule has 0 atom stereocenters. The third kappa shape index (κ3) is 5.95. The van der Waals surface area contributed by atoms with Crippen molar-refractivity contribution in [2.45, 2.75) is 33.6 Å². The maximum absolute atomic E-state index is 11.8. The summed E-state index contributed by atoms with van der Waals surface area (Å²) >= 11 is 0. The van der Waals surface area contributed by atoms with Crippen LogP contribution in [0.1, 0.15) is 34.7 Å². The molecule has 0 bridgehead atoms. The fraction of sp³-hybridized carbons (Fsp3) is 0.250. The fourth-order valence-corrected chi connectivity index (χ4v) is 3.35. The molecule has 0 heterocycles. The van der Waals surface area contributed by atoms with Crippen molar-refractivity contribution in [3.8, 4) is 11.8 Å². The number of nitrogens with two attached hydrogens (primary N) is 1. The summed E-state index contributed by atoms with van der Waals surface area (Å²) in [7, 11) is 0. The summed E-state index contributed by atoms with van der Waals surface area (Å²) in [4.78, 5) is 22.6. The predicted molar refractivity (Wildman–Crippen MR) is 122 cm³/mol. The second-order valence-electron chi connectivity index (χ2n) is 7.18. The second-order valence-corrected chi connectivity index (χ2v) is 7.18. The standard InChI is InChI=1S/C24H26N4O4/c1-5-7-18-12-17(8-9-22(18)29)13-20-15(3)10-19(11-16(20)4)28(6-2)27-21(14-25)23(30)32-24(26)31/h5,8-12,29H,1,6-7,13H2,2-4H3,(H2,26,31). The van der Waals surface area contributed by atoms with Gasteiger partial charge in [-0.3, -0.25) is 5.01 Å². The molecule has 2 rings (SSSR count). The largest absolute Gasteiger partial charge is 0.508 e. The van der Waals surface area contributed by atoms with Crippen molar-refractivity contribution in [1.82, 2.24) is 0 Å². The van der Waals surface area contributed by atoms with E-state index in [1.165, 1.54) is 5.01 Å². The van der Waals surface area contributed by atoms with Gasteiger partial charge in [0.1, 0.15) is 11.8 Å². The van der Waals surface area contributed by atoms with Crippen LogP contribution in [-0.2, 0) is 22.4 Å². The zero-order chi connectivity index (χ0) is 23.8. The molecule has 1 amide bonds. The van der Waals surface area contributed by atoms with E-state index in [1.807, 2.05) is 45.0 Å². The Hall–Kier alpha value is -4.12. The zero-order valence-corrected chi connectivity index (χ0v) is 18.4. The normalized spacial score (nSPS) is 10.9. The van der Waals surface area contributed by atoms with E-state index in [4.69, 9.17) is 5.73 Å². The summed E-state index contributed by atoms with van der Waals surface area (Å²) in [5, 5.41) is 24.7. The van der Waals surface area contributed by atoms with E-state index < -0.39 is 17.8 Å². The van der Waals surface area contributed by atoms with Crippen LogP contribution < -0.4 is 10.7 Å². The van der Waals surface area contributed by atoms with E-state index in [1.54, 1.807) is 18.2 Å². The van der Waals surface area contributed by atoms with Gasteiger partial charge in [-0.15, -0.1) is 6.58 Å². The first-order valence-corrected chi connectivity index (χ1v) is 9.99. The minimum atomic E-state index is -1.30. The Kier molecular flexibility index (Phi) is 8.13. The topological polar surface area (TPSA) is 129 Å². The minimum absolute atomic E-state index is 0.247. The van der Waals surface area contributed by atoms with Crippen molar-refractivity contribution in [2.24, 2.45) is 10.8 Å². The third-order valence-corrected chi connectivity index (χ3v) is 4.88. The number of aryl methyl sites for hydroxylation is 2. The van der Waals surface area contributed by atoms with Gasteiger partial charge in [0.05, 0.1) is 5.69 Å². The number of rotatable bonds is 8. The highest BCUT2D eigenvalue weighted by Gasteiger charge is 2.18. The monoisotopic (exact) mass is 434 g/mol. The first-order chi connectivity index (χ1) is 15.2. The molecule has 3 N–H and O–H groups in total. The van der Waals surface area contributed by atoms with Gasteiger partial charge in [0.2, 0.25) is 5.71 Å². The third-order valence-electron chi connectivity index (χ3n) is 4.88. The van der Waals surface area contributed by atoms with Crippen molar-refractivity contribution < 1.29 is 19.4 Å². The van der Waals surface area contributed by atoms with Gasteiger partial charge in [-0.1, -0.05) is 18.2 Å². The lowest BCUT2D eigenvalue weighted by atomic mass is 9.94. The van der Waals surface area contributed by atoms with Crippen molar-refractivity contribution in [2.75, 3.05) is 11.6 Å². The highest BCUT2D eigenvalue weighted by Crippen LogP contribution is 2.27. The van der Waals surface area contributed by atoms with Gasteiger partial charge < -0.3 is 15.6 Å². The Bertz CT molecular complexity index is 1090. The maximum Gasteiger partial charge on any atom is 0.412 e. The Morgan fingerprint density at radius 1 is 1.28 bits per heavy atom. The number of nitrogens with zero attached hydrogens (tertiary/aromatic N) is 3. The van der Waals surface area contributed by atoms with E-state index in [9.17, 15) is 20.0 Å². The van der Waals surface area contributed by atoms with E-state index >= 15 is 0 Å². The van der Waals surface area contributed by atoms with Crippen LogP contribution in [-0.4, -0.2) is 29.4 Å². The number of phenols is 1. The van der Waals surface area contributed by atoms with Gasteiger partial charge in [-0.25, -0.2) is 9.59 Å². The summed E-state index contributed by atoms with van der Waals surface area (Å²) in [5.41, 5.74) is 9.95. The first-order valence-electron chi connectivity index (χ1n) is 9.99. The second kappa shape index (κ2) is 10.8. The summed E-state index contributed by atoms with van der Waals surface area (Å²) in [5.74, 6) is -0.955. The van der Waals surface area contributed by atoms with Gasteiger partial charge >= 0.3 is 12.1 Å². The lowest BCUT2D eigenvalue weighted by Gasteiger charge is -2.21. The molecular formula is C24H26N4O4. The number of benzene rings is 2. The summed E-state index contributed by atoms with van der Waals surface area (Å²) in [6.07, 6.45) is 1.70. The van der Waals surface area contributed by atoms with Crippen LogP contribution in [0.4, 0.5) is 10.5 Å².